The first-order valence-corrected chi connectivity index (χ1v) is 10.1. The lowest BCUT2D eigenvalue weighted by atomic mass is 10.1. The first-order valence-electron chi connectivity index (χ1n) is 9.68. The predicted molar refractivity (Wildman–Crippen MR) is 111 cm³/mol. The van der Waals surface area contributed by atoms with Crippen LogP contribution in [-0.2, 0) is 13.2 Å². The van der Waals surface area contributed by atoms with Crippen molar-refractivity contribution in [2.75, 3.05) is 26.7 Å². The number of benzene rings is 2. The van der Waals surface area contributed by atoms with Crippen molar-refractivity contribution in [3.63, 3.8) is 0 Å². The summed E-state index contributed by atoms with van der Waals surface area (Å²) < 4.78 is 11.5. The standard InChI is InChI=1S/C22H29ClN2O2/c1-3-25-12-4-5-20(25)15-24-14-18-8-11-21(22(13-18)26-2)27-16-17-6-9-19(23)10-7-17/h6-11,13,20,24H,3-5,12,14-16H2,1-2H3/t20-/m0/s1. The van der Waals surface area contributed by atoms with Crippen molar-refractivity contribution in [2.24, 2.45) is 0 Å². The van der Waals surface area contributed by atoms with Crippen molar-refractivity contribution in [2.45, 2.75) is 39.0 Å². The van der Waals surface area contributed by atoms with E-state index in [0.29, 0.717) is 12.6 Å². The smallest absolute Gasteiger partial charge is 0.161 e. The van der Waals surface area contributed by atoms with E-state index in [1.165, 1.54) is 24.9 Å². The summed E-state index contributed by atoms with van der Waals surface area (Å²) in [6, 6.07) is 14.5. The average molecular weight is 389 g/mol. The van der Waals surface area contributed by atoms with E-state index >= 15 is 0 Å². The highest BCUT2D eigenvalue weighted by Crippen LogP contribution is 2.29. The summed E-state index contributed by atoms with van der Waals surface area (Å²) >= 11 is 5.92. The van der Waals surface area contributed by atoms with Gasteiger partial charge in [-0.3, -0.25) is 4.90 Å². The van der Waals surface area contributed by atoms with E-state index in [-0.39, 0.29) is 0 Å². The van der Waals surface area contributed by atoms with Gasteiger partial charge in [0.05, 0.1) is 7.11 Å². The maximum Gasteiger partial charge on any atom is 0.161 e. The lowest BCUT2D eigenvalue weighted by Gasteiger charge is -2.23. The number of hydrogen-bond donors (Lipinski definition) is 1. The topological polar surface area (TPSA) is 33.7 Å². The Balaban J connectivity index is 1.53. The molecule has 3 rings (SSSR count). The first-order chi connectivity index (χ1) is 13.2. The predicted octanol–water partition coefficient (Wildman–Crippen LogP) is 4.50. The third kappa shape index (κ3) is 5.61. The number of likely N-dealkylation sites (tertiary alicyclic amines) is 1. The number of ether oxygens (including phenoxy) is 2. The van der Waals surface area contributed by atoms with Crippen LogP contribution in [0.15, 0.2) is 42.5 Å². The fourth-order valence-corrected chi connectivity index (χ4v) is 3.73. The molecule has 0 radical (unpaired) electrons. The van der Waals surface area contributed by atoms with Crippen LogP contribution in [0.2, 0.25) is 5.02 Å². The van der Waals surface area contributed by atoms with Crippen molar-refractivity contribution in [3.05, 3.63) is 58.6 Å². The maximum atomic E-state index is 5.93. The minimum Gasteiger partial charge on any atom is -0.493 e. The van der Waals surface area contributed by atoms with Gasteiger partial charge >= 0.3 is 0 Å². The molecule has 0 spiro atoms. The van der Waals surface area contributed by atoms with Gasteiger partial charge in [-0.1, -0.05) is 36.7 Å². The molecule has 1 atom stereocenters. The summed E-state index contributed by atoms with van der Waals surface area (Å²) in [6.45, 7) is 6.97. The Hall–Kier alpha value is -1.75. The molecule has 27 heavy (non-hydrogen) atoms. The molecular formula is C22H29ClN2O2. The van der Waals surface area contributed by atoms with Crippen LogP contribution >= 0.6 is 11.6 Å². The first kappa shape index (κ1) is 20.0. The van der Waals surface area contributed by atoms with Gasteiger partial charge in [0.2, 0.25) is 0 Å². The zero-order chi connectivity index (χ0) is 19.1. The van der Waals surface area contributed by atoms with Crippen LogP contribution in [0.25, 0.3) is 0 Å². The molecule has 0 aromatic heterocycles. The largest absolute Gasteiger partial charge is 0.493 e. The Morgan fingerprint density at radius 2 is 1.89 bits per heavy atom. The number of methoxy groups -OCH3 is 1. The highest BCUT2D eigenvalue weighted by molar-refractivity contribution is 6.30. The number of nitrogens with zero attached hydrogens (tertiary/aromatic N) is 1. The SMILES string of the molecule is CCN1CCC[C@H]1CNCc1ccc(OCc2ccc(Cl)cc2)c(OC)c1. The van der Waals surface area contributed by atoms with Crippen molar-refractivity contribution >= 4 is 11.6 Å². The molecule has 0 amide bonds. The van der Waals surface area contributed by atoms with Crippen molar-refractivity contribution in [1.29, 1.82) is 0 Å². The number of halogens is 1. The van der Waals surface area contributed by atoms with Crippen LogP contribution in [0.5, 0.6) is 11.5 Å². The van der Waals surface area contributed by atoms with Gasteiger partial charge < -0.3 is 14.8 Å². The van der Waals surface area contributed by atoms with Crippen LogP contribution in [0.4, 0.5) is 0 Å². The molecule has 5 heteroatoms. The van der Waals surface area contributed by atoms with Gasteiger partial charge in [-0.2, -0.15) is 0 Å². The summed E-state index contributed by atoms with van der Waals surface area (Å²) in [7, 11) is 1.68. The van der Waals surface area contributed by atoms with E-state index in [9.17, 15) is 0 Å². The third-order valence-electron chi connectivity index (χ3n) is 5.15. The van der Waals surface area contributed by atoms with Crippen molar-refractivity contribution in [3.8, 4) is 11.5 Å². The summed E-state index contributed by atoms with van der Waals surface area (Å²) in [5, 5.41) is 4.32. The van der Waals surface area contributed by atoms with Gasteiger partial charge in [0.15, 0.2) is 11.5 Å². The zero-order valence-corrected chi connectivity index (χ0v) is 17.0. The van der Waals surface area contributed by atoms with E-state index in [0.717, 1.165) is 41.7 Å². The Kier molecular flexibility index (Phi) is 7.39. The molecule has 2 aromatic carbocycles. The highest BCUT2D eigenvalue weighted by Gasteiger charge is 2.22. The van der Waals surface area contributed by atoms with E-state index in [1.54, 1.807) is 7.11 Å². The lowest BCUT2D eigenvalue weighted by molar-refractivity contribution is 0.260. The third-order valence-corrected chi connectivity index (χ3v) is 5.40. The molecule has 1 fully saturated rings. The Bertz CT molecular complexity index is 721. The van der Waals surface area contributed by atoms with Gasteiger partial charge in [0.25, 0.3) is 0 Å². The summed E-state index contributed by atoms with van der Waals surface area (Å²) in [6.07, 6.45) is 2.61. The minimum absolute atomic E-state index is 0.486. The highest BCUT2D eigenvalue weighted by atomic mass is 35.5. The molecule has 4 nitrogen and oxygen atoms in total. The minimum atomic E-state index is 0.486. The van der Waals surface area contributed by atoms with Gasteiger partial charge in [0.1, 0.15) is 6.61 Å². The molecule has 1 aliphatic rings. The van der Waals surface area contributed by atoms with Gasteiger partial charge in [-0.25, -0.2) is 0 Å². The van der Waals surface area contributed by atoms with Crippen LogP contribution < -0.4 is 14.8 Å². The second kappa shape index (κ2) is 9.98. The molecule has 1 aliphatic heterocycles. The molecule has 146 valence electrons. The molecule has 0 aliphatic carbocycles. The Labute approximate surface area is 167 Å². The molecule has 0 saturated carbocycles. The van der Waals surface area contributed by atoms with Crippen LogP contribution in [0.3, 0.4) is 0 Å². The zero-order valence-electron chi connectivity index (χ0n) is 16.2. The molecular weight excluding hydrogens is 360 g/mol. The van der Waals surface area contributed by atoms with Crippen molar-refractivity contribution < 1.29 is 9.47 Å². The maximum absolute atomic E-state index is 5.93. The molecule has 0 unspecified atom stereocenters. The van der Waals surface area contributed by atoms with E-state index < -0.39 is 0 Å². The van der Waals surface area contributed by atoms with Gasteiger partial charge in [-0.15, -0.1) is 0 Å². The quantitative estimate of drug-likeness (QED) is 0.685. The van der Waals surface area contributed by atoms with E-state index in [2.05, 4.69) is 29.3 Å². The monoisotopic (exact) mass is 388 g/mol. The summed E-state index contributed by atoms with van der Waals surface area (Å²) in [4.78, 5) is 2.56. The van der Waals surface area contributed by atoms with Crippen LogP contribution in [0.1, 0.15) is 30.9 Å². The number of hydrogen-bond acceptors (Lipinski definition) is 4. The van der Waals surface area contributed by atoms with Gasteiger partial charge in [-0.05, 0) is 61.3 Å². The van der Waals surface area contributed by atoms with Crippen LogP contribution in [-0.4, -0.2) is 37.7 Å². The molecule has 1 N–H and O–H groups in total. The Morgan fingerprint density at radius 1 is 1.11 bits per heavy atom. The fourth-order valence-electron chi connectivity index (χ4n) is 3.61. The van der Waals surface area contributed by atoms with E-state index in [4.69, 9.17) is 21.1 Å². The number of nitrogens with one attached hydrogen (secondary N) is 1. The van der Waals surface area contributed by atoms with Crippen molar-refractivity contribution in [1.82, 2.24) is 10.2 Å². The average Bonchev–Trinajstić information content (AvgIpc) is 3.15. The second-order valence-corrected chi connectivity index (χ2v) is 7.39. The molecule has 1 heterocycles. The molecule has 0 bridgehead atoms. The molecule has 1 saturated heterocycles. The summed E-state index contributed by atoms with van der Waals surface area (Å²) in [5.74, 6) is 1.52. The summed E-state index contributed by atoms with van der Waals surface area (Å²) in [5.41, 5.74) is 2.27. The number of likely N-dealkylation sites (N-methyl/N-ethyl adjacent to an activating group) is 1. The molecule has 2 aromatic rings. The second-order valence-electron chi connectivity index (χ2n) is 6.96. The van der Waals surface area contributed by atoms with E-state index in [1.807, 2.05) is 30.3 Å². The fraction of sp³-hybridized carbons (Fsp3) is 0.455. The number of rotatable bonds is 9. The lowest BCUT2D eigenvalue weighted by Crippen LogP contribution is -2.37. The van der Waals surface area contributed by atoms with Crippen LogP contribution in [0, 0.1) is 0 Å². The normalized spacial score (nSPS) is 17.2. The van der Waals surface area contributed by atoms with Gasteiger partial charge in [0, 0.05) is 24.2 Å². The Morgan fingerprint density at radius 3 is 2.63 bits per heavy atom.